The summed E-state index contributed by atoms with van der Waals surface area (Å²) in [6.07, 6.45) is 0. The summed E-state index contributed by atoms with van der Waals surface area (Å²) < 4.78 is 4.78. The van der Waals surface area contributed by atoms with Crippen LogP contribution in [0.25, 0.3) is 11.4 Å². The van der Waals surface area contributed by atoms with Crippen LogP contribution in [-0.4, -0.2) is 29.1 Å². The molecule has 2 aromatic carbocycles. The second kappa shape index (κ2) is 8.71. The number of hydrogen-bond acceptors (Lipinski definition) is 6. The first kappa shape index (κ1) is 19.6. The Morgan fingerprint density at radius 1 is 1.04 bits per heavy atom. The van der Waals surface area contributed by atoms with Crippen molar-refractivity contribution in [3.8, 4) is 11.4 Å². The molecule has 28 heavy (non-hydrogen) atoms. The molecule has 0 radical (unpaired) electrons. The van der Waals surface area contributed by atoms with Crippen LogP contribution >= 0.6 is 11.6 Å². The Morgan fingerprint density at radius 2 is 1.75 bits per heavy atom. The summed E-state index contributed by atoms with van der Waals surface area (Å²) >= 11 is 6.30. The number of nitrogens with one attached hydrogen (secondary N) is 2. The lowest BCUT2D eigenvalue weighted by molar-refractivity contribution is 0.0601. The van der Waals surface area contributed by atoms with Crippen molar-refractivity contribution in [2.24, 2.45) is 0 Å². The number of methoxy groups -OCH3 is 1. The summed E-state index contributed by atoms with van der Waals surface area (Å²) in [6.45, 7) is 4.07. The van der Waals surface area contributed by atoms with Crippen LogP contribution < -0.4 is 10.6 Å². The maximum Gasteiger partial charge on any atom is 0.337 e. The van der Waals surface area contributed by atoms with Crippen molar-refractivity contribution in [3.05, 3.63) is 65.2 Å². The van der Waals surface area contributed by atoms with Crippen molar-refractivity contribution in [3.63, 3.8) is 0 Å². The Bertz CT molecular complexity index is 977. The molecule has 0 fully saturated rings. The number of carbonyl (C=O) groups is 1. The van der Waals surface area contributed by atoms with Crippen LogP contribution in [0.15, 0.2) is 54.6 Å². The molecule has 1 heterocycles. The number of halogens is 1. The average molecular weight is 397 g/mol. The molecule has 1 aromatic heterocycles. The number of aromatic nitrogens is 2. The molecule has 0 aliphatic rings. The Morgan fingerprint density at radius 3 is 2.43 bits per heavy atom. The summed E-state index contributed by atoms with van der Waals surface area (Å²) in [5, 5.41) is 6.94. The van der Waals surface area contributed by atoms with E-state index in [0.29, 0.717) is 33.7 Å². The van der Waals surface area contributed by atoms with E-state index in [1.54, 1.807) is 24.3 Å². The highest BCUT2D eigenvalue weighted by Gasteiger charge is 2.12. The van der Waals surface area contributed by atoms with Gasteiger partial charge in [0.1, 0.15) is 11.6 Å². The van der Waals surface area contributed by atoms with Crippen molar-refractivity contribution in [2.75, 3.05) is 17.7 Å². The van der Waals surface area contributed by atoms with Gasteiger partial charge in [-0.05, 0) is 32.0 Å². The van der Waals surface area contributed by atoms with Crippen LogP contribution in [0.4, 0.5) is 17.3 Å². The van der Waals surface area contributed by atoms with Crippen molar-refractivity contribution in [1.29, 1.82) is 0 Å². The molecule has 2 N–H and O–H groups in total. The van der Waals surface area contributed by atoms with Gasteiger partial charge in [0.2, 0.25) is 0 Å². The molecule has 0 bridgehead atoms. The molecule has 6 nitrogen and oxygen atoms in total. The smallest absolute Gasteiger partial charge is 0.337 e. The van der Waals surface area contributed by atoms with E-state index in [9.17, 15) is 4.79 Å². The summed E-state index contributed by atoms with van der Waals surface area (Å²) in [4.78, 5) is 21.0. The van der Waals surface area contributed by atoms with Crippen LogP contribution in [0, 0.1) is 0 Å². The van der Waals surface area contributed by atoms with Crippen LogP contribution in [0.3, 0.4) is 0 Å². The molecule has 3 aromatic rings. The van der Waals surface area contributed by atoms with Gasteiger partial charge in [0, 0.05) is 17.7 Å². The zero-order valence-electron chi connectivity index (χ0n) is 15.9. The minimum absolute atomic E-state index is 0.206. The van der Waals surface area contributed by atoms with Crippen LogP contribution in [0.1, 0.15) is 24.2 Å². The molecule has 0 amide bonds. The number of esters is 1. The van der Waals surface area contributed by atoms with E-state index in [4.69, 9.17) is 16.3 Å². The van der Waals surface area contributed by atoms with Crippen LogP contribution in [0.2, 0.25) is 5.02 Å². The minimum atomic E-state index is -0.436. The average Bonchev–Trinajstić information content (AvgIpc) is 2.69. The molecule has 0 spiro atoms. The maximum absolute atomic E-state index is 11.8. The second-order valence-electron chi connectivity index (χ2n) is 6.44. The van der Waals surface area contributed by atoms with Crippen LogP contribution in [0.5, 0.6) is 0 Å². The van der Waals surface area contributed by atoms with E-state index in [1.165, 1.54) is 7.11 Å². The fourth-order valence-electron chi connectivity index (χ4n) is 2.60. The van der Waals surface area contributed by atoms with E-state index < -0.39 is 5.97 Å². The zero-order valence-corrected chi connectivity index (χ0v) is 16.6. The first-order chi connectivity index (χ1) is 13.5. The minimum Gasteiger partial charge on any atom is -0.465 e. The van der Waals surface area contributed by atoms with Crippen LogP contribution in [-0.2, 0) is 4.74 Å². The van der Waals surface area contributed by atoms with Gasteiger partial charge in [-0.15, -0.1) is 0 Å². The summed E-state index contributed by atoms with van der Waals surface area (Å²) in [5.74, 6) is 1.39. The first-order valence-electron chi connectivity index (χ1n) is 8.82. The van der Waals surface area contributed by atoms with E-state index in [0.717, 1.165) is 5.56 Å². The van der Waals surface area contributed by atoms with E-state index in [-0.39, 0.29) is 6.04 Å². The third-order valence-corrected chi connectivity index (χ3v) is 4.17. The van der Waals surface area contributed by atoms with Crippen molar-refractivity contribution >= 4 is 34.9 Å². The van der Waals surface area contributed by atoms with Gasteiger partial charge in [-0.1, -0.05) is 41.9 Å². The predicted octanol–water partition coefficient (Wildman–Crippen LogP) is 5.15. The normalized spacial score (nSPS) is 10.6. The maximum atomic E-state index is 11.8. The first-order valence-corrected chi connectivity index (χ1v) is 9.20. The highest BCUT2D eigenvalue weighted by molar-refractivity contribution is 6.33. The SMILES string of the molecule is COC(=O)c1ccc(Cl)c(Nc2cc(NC(C)C)nc(-c3ccccc3)n2)c1. The second-order valence-corrected chi connectivity index (χ2v) is 6.85. The monoisotopic (exact) mass is 396 g/mol. The lowest BCUT2D eigenvalue weighted by atomic mass is 10.2. The lowest BCUT2D eigenvalue weighted by Crippen LogP contribution is -2.12. The van der Waals surface area contributed by atoms with Gasteiger partial charge in [0.25, 0.3) is 0 Å². The summed E-state index contributed by atoms with van der Waals surface area (Å²) in [6, 6.07) is 16.6. The molecule has 0 aliphatic carbocycles. The molecular weight excluding hydrogens is 376 g/mol. The van der Waals surface area contributed by atoms with Gasteiger partial charge in [-0.3, -0.25) is 0 Å². The highest BCUT2D eigenvalue weighted by Crippen LogP contribution is 2.28. The summed E-state index contributed by atoms with van der Waals surface area (Å²) in [5.41, 5.74) is 1.84. The fraction of sp³-hybridized carbons (Fsp3) is 0.190. The number of anilines is 3. The number of rotatable bonds is 6. The third-order valence-electron chi connectivity index (χ3n) is 3.84. The van der Waals surface area contributed by atoms with E-state index in [2.05, 4.69) is 20.6 Å². The number of hydrogen-bond donors (Lipinski definition) is 2. The van der Waals surface area contributed by atoms with E-state index in [1.807, 2.05) is 44.2 Å². The number of carbonyl (C=O) groups excluding carboxylic acids is 1. The van der Waals surface area contributed by atoms with Crippen molar-refractivity contribution < 1.29 is 9.53 Å². The molecule has 144 valence electrons. The molecule has 0 atom stereocenters. The van der Waals surface area contributed by atoms with Crippen molar-refractivity contribution in [2.45, 2.75) is 19.9 Å². The molecule has 0 unspecified atom stereocenters. The van der Waals surface area contributed by atoms with Gasteiger partial charge < -0.3 is 15.4 Å². The largest absolute Gasteiger partial charge is 0.465 e. The third kappa shape index (κ3) is 4.78. The fourth-order valence-corrected chi connectivity index (χ4v) is 2.77. The number of ether oxygens (including phenoxy) is 1. The molecule has 0 saturated heterocycles. The summed E-state index contributed by atoms with van der Waals surface area (Å²) in [7, 11) is 1.34. The molecule has 0 aliphatic heterocycles. The highest BCUT2D eigenvalue weighted by atomic mass is 35.5. The number of benzene rings is 2. The van der Waals surface area contributed by atoms with Crippen molar-refractivity contribution in [1.82, 2.24) is 9.97 Å². The van der Waals surface area contributed by atoms with Gasteiger partial charge in [0.15, 0.2) is 5.82 Å². The van der Waals surface area contributed by atoms with Gasteiger partial charge >= 0.3 is 5.97 Å². The Labute approximate surface area is 168 Å². The lowest BCUT2D eigenvalue weighted by Gasteiger charge is -2.14. The van der Waals surface area contributed by atoms with E-state index >= 15 is 0 Å². The predicted molar refractivity (Wildman–Crippen MR) is 112 cm³/mol. The van der Waals surface area contributed by atoms with Gasteiger partial charge in [-0.2, -0.15) is 0 Å². The van der Waals surface area contributed by atoms with Gasteiger partial charge in [0.05, 0.1) is 23.4 Å². The van der Waals surface area contributed by atoms with Gasteiger partial charge in [-0.25, -0.2) is 14.8 Å². The molecule has 7 heteroatoms. The molecule has 3 rings (SSSR count). The Balaban J connectivity index is 2.00. The Hall–Kier alpha value is -3.12. The topological polar surface area (TPSA) is 76.1 Å². The zero-order chi connectivity index (χ0) is 20.1. The quantitative estimate of drug-likeness (QED) is 0.561. The number of nitrogens with zero attached hydrogens (tertiary/aromatic N) is 2. The standard InChI is InChI=1S/C21H21ClN4O2/c1-13(2)23-18-12-19(26-20(25-18)14-7-5-4-6-8-14)24-17-11-15(21(27)28-3)9-10-16(17)22/h4-13H,1-3H3,(H2,23,24,25,26). The molecule has 0 saturated carbocycles. The molecular formula is C21H21ClN4O2. The Kier molecular flexibility index (Phi) is 6.11.